The minimum absolute atomic E-state index is 0.0509. The zero-order valence-electron chi connectivity index (χ0n) is 19.1. The van der Waals surface area contributed by atoms with Gasteiger partial charge >= 0.3 is 5.97 Å². The van der Waals surface area contributed by atoms with Crippen molar-refractivity contribution in [2.45, 2.75) is 38.2 Å². The summed E-state index contributed by atoms with van der Waals surface area (Å²) in [6.45, 7) is 3.58. The van der Waals surface area contributed by atoms with Gasteiger partial charge in [0.2, 0.25) is 5.78 Å². The van der Waals surface area contributed by atoms with Gasteiger partial charge < -0.3 is 30.9 Å². The molecular formula is C25H25NO9. The number of phenolic OH excluding ortho intramolecular Hbond substituents is 1. The van der Waals surface area contributed by atoms with Crippen LogP contribution in [0.15, 0.2) is 40.9 Å². The van der Waals surface area contributed by atoms with Crippen molar-refractivity contribution >= 4 is 29.5 Å². The molecule has 10 heteroatoms. The molecule has 0 heterocycles. The average Bonchev–Trinajstić information content (AvgIpc) is 2.78. The van der Waals surface area contributed by atoms with Gasteiger partial charge in [-0.2, -0.15) is 0 Å². The smallest absolute Gasteiger partial charge is 0.330 e. The fraction of sp³-hybridized carbons (Fsp3) is 0.360. The molecule has 0 radical (unpaired) electrons. The van der Waals surface area contributed by atoms with Crippen molar-refractivity contribution in [2.75, 3.05) is 6.61 Å². The number of ether oxygens (including phenoxy) is 1. The van der Waals surface area contributed by atoms with Gasteiger partial charge in [0.25, 0.3) is 5.91 Å². The average molecular weight is 483 g/mol. The molecule has 1 unspecified atom stereocenters. The van der Waals surface area contributed by atoms with Crippen molar-refractivity contribution in [2.24, 2.45) is 17.6 Å². The number of amides is 1. The van der Waals surface area contributed by atoms with Crippen LogP contribution < -0.4 is 5.73 Å². The third-order valence-corrected chi connectivity index (χ3v) is 7.16. The van der Waals surface area contributed by atoms with E-state index >= 15 is 0 Å². The molecule has 6 N–H and O–H groups in total. The Morgan fingerprint density at radius 1 is 1.23 bits per heavy atom. The molecule has 1 amide bonds. The van der Waals surface area contributed by atoms with Crippen LogP contribution in [0.5, 0.6) is 5.75 Å². The third kappa shape index (κ3) is 3.44. The Kier molecular flexibility index (Phi) is 5.80. The number of aromatic hydroxyl groups is 1. The maximum atomic E-state index is 13.6. The van der Waals surface area contributed by atoms with Gasteiger partial charge in [0.05, 0.1) is 12.2 Å². The zero-order chi connectivity index (χ0) is 25.8. The number of carbonyl (C=O) groups excluding carboxylic acids is 4. The Bertz CT molecular complexity index is 1270. The lowest BCUT2D eigenvalue weighted by atomic mass is 9.58. The van der Waals surface area contributed by atoms with Crippen molar-refractivity contribution in [3.63, 3.8) is 0 Å². The first kappa shape index (κ1) is 24.2. The van der Waals surface area contributed by atoms with Crippen LogP contribution in [0.4, 0.5) is 0 Å². The van der Waals surface area contributed by atoms with Gasteiger partial charge in [-0.3, -0.25) is 14.4 Å². The minimum Gasteiger partial charge on any atom is -0.511 e. The van der Waals surface area contributed by atoms with Crippen LogP contribution in [0.1, 0.15) is 54.1 Å². The summed E-state index contributed by atoms with van der Waals surface area (Å²) in [5, 5.41) is 43.5. The summed E-state index contributed by atoms with van der Waals surface area (Å²) >= 11 is 0. The second kappa shape index (κ2) is 8.38. The number of esters is 1. The fourth-order valence-corrected chi connectivity index (χ4v) is 5.41. The standard InChI is InChI=1S/C25H25NO9/c1-3-35-16(28)7-5-11-4-6-13-10(2)14-8-12-9-15(27)19(24(26)33)23(32)25(12,34)22(31)18(14)21(30)17(13)20(11)29/h4-7,10,12,14,27,29,31,34H,3,8-9H2,1-2H3,(H2,26,33)/b7-5+/t10-,12-,14?,25-/m0/s1. The van der Waals surface area contributed by atoms with Crippen molar-refractivity contribution < 1.29 is 44.3 Å². The highest BCUT2D eigenvalue weighted by Crippen LogP contribution is 2.55. The maximum absolute atomic E-state index is 13.6. The number of carbonyl (C=O) groups is 4. The lowest BCUT2D eigenvalue weighted by Gasteiger charge is -2.47. The van der Waals surface area contributed by atoms with Crippen LogP contribution in [0.3, 0.4) is 0 Å². The molecule has 0 aromatic heterocycles. The van der Waals surface area contributed by atoms with E-state index in [2.05, 4.69) is 0 Å². The number of phenols is 1. The van der Waals surface area contributed by atoms with Gasteiger partial charge in [0.1, 0.15) is 22.8 Å². The predicted molar refractivity (Wildman–Crippen MR) is 121 cm³/mol. The van der Waals surface area contributed by atoms with E-state index in [1.807, 2.05) is 0 Å². The maximum Gasteiger partial charge on any atom is 0.330 e. The Hall–Kier alpha value is -3.92. The number of benzene rings is 1. The van der Waals surface area contributed by atoms with E-state index in [0.717, 1.165) is 6.08 Å². The Morgan fingerprint density at radius 2 is 1.91 bits per heavy atom. The zero-order valence-corrected chi connectivity index (χ0v) is 19.1. The Morgan fingerprint density at radius 3 is 2.54 bits per heavy atom. The van der Waals surface area contributed by atoms with Crippen LogP contribution in [0.2, 0.25) is 0 Å². The largest absolute Gasteiger partial charge is 0.511 e. The van der Waals surface area contributed by atoms with Gasteiger partial charge in [-0.1, -0.05) is 19.1 Å². The summed E-state index contributed by atoms with van der Waals surface area (Å²) < 4.78 is 4.81. The molecule has 0 saturated carbocycles. The van der Waals surface area contributed by atoms with Crippen molar-refractivity contribution in [1.29, 1.82) is 0 Å². The highest BCUT2D eigenvalue weighted by molar-refractivity contribution is 6.24. The van der Waals surface area contributed by atoms with Crippen LogP contribution in [0, 0.1) is 11.8 Å². The summed E-state index contributed by atoms with van der Waals surface area (Å²) in [7, 11) is 0. The molecule has 10 nitrogen and oxygen atoms in total. The lowest BCUT2D eigenvalue weighted by molar-refractivity contribution is -0.144. The van der Waals surface area contributed by atoms with Crippen molar-refractivity contribution in [3.05, 3.63) is 57.6 Å². The van der Waals surface area contributed by atoms with E-state index in [9.17, 15) is 39.6 Å². The van der Waals surface area contributed by atoms with E-state index < -0.39 is 69.6 Å². The van der Waals surface area contributed by atoms with E-state index in [1.54, 1.807) is 26.0 Å². The van der Waals surface area contributed by atoms with E-state index in [0.29, 0.717) is 5.56 Å². The number of Topliss-reactive ketones (excluding diaryl/α,β-unsaturated/α-hetero) is 2. The molecule has 1 aromatic rings. The van der Waals surface area contributed by atoms with Gasteiger partial charge in [0.15, 0.2) is 11.4 Å². The number of hydrogen-bond donors (Lipinski definition) is 5. The molecule has 3 aliphatic rings. The number of fused-ring (bicyclic) bond motifs is 3. The summed E-state index contributed by atoms with van der Waals surface area (Å²) in [5.41, 5.74) is 2.04. The Labute approximate surface area is 200 Å². The number of primary amides is 1. The van der Waals surface area contributed by atoms with Crippen molar-refractivity contribution in [1.82, 2.24) is 0 Å². The SMILES string of the molecule is CCOC(=O)/C=C/c1ccc2c(c1O)C(=O)C1=C(O)[C@]3(O)C(=O)C(C(N)=O)=C(O)C[C@@H]3CC1[C@H]2C. The fourth-order valence-electron chi connectivity index (χ4n) is 5.41. The first-order valence-electron chi connectivity index (χ1n) is 11.1. The second-order valence-electron chi connectivity index (χ2n) is 8.96. The van der Waals surface area contributed by atoms with Crippen molar-refractivity contribution in [3.8, 4) is 5.75 Å². The third-order valence-electron chi connectivity index (χ3n) is 7.16. The number of aliphatic hydroxyl groups is 3. The molecule has 0 spiro atoms. The summed E-state index contributed by atoms with van der Waals surface area (Å²) in [4.78, 5) is 49.9. The van der Waals surface area contributed by atoms with Crippen LogP contribution in [-0.4, -0.2) is 56.1 Å². The molecular weight excluding hydrogens is 458 g/mol. The summed E-state index contributed by atoms with van der Waals surface area (Å²) in [5.74, 6) is -7.92. The van der Waals surface area contributed by atoms with E-state index in [1.165, 1.54) is 6.08 Å². The molecule has 1 aromatic carbocycles. The number of ketones is 2. The molecule has 0 saturated heterocycles. The highest BCUT2D eigenvalue weighted by atomic mass is 16.5. The number of hydrogen-bond acceptors (Lipinski definition) is 9. The first-order valence-corrected chi connectivity index (χ1v) is 11.1. The van der Waals surface area contributed by atoms with Gasteiger partial charge in [0, 0.05) is 29.6 Å². The topological polar surface area (TPSA) is 184 Å². The highest BCUT2D eigenvalue weighted by Gasteiger charge is 2.60. The summed E-state index contributed by atoms with van der Waals surface area (Å²) in [6, 6.07) is 3.17. The summed E-state index contributed by atoms with van der Waals surface area (Å²) in [6.07, 6.45) is 2.15. The number of aliphatic hydroxyl groups excluding tert-OH is 2. The van der Waals surface area contributed by atoms with Crippen LogP contribution >= 0.6 is 0 Å². The normalized spacial score (nSPS) is 28.0. The van der Waals surface area contributed by atoms with E-state index in [4.69, 9.17) is 10.5 Å². The molecule has 4 rings (SSSR count). The molecule has 4 atom stereocenters. The molecule has 35 heavy (non-hydrogen) atoms. The molecule has 0 fully saturated rings. The van der Waals surface area contributed by atoms with Crippen LogP contribution in [-0.2, 0) is 19.1 Å². The molecule has 0 bridgehead atoms. The molecule has 0 aliphatic heterocycles. The second-order valence-corrected chi connectivity index (χ2v) is 8.96. The van der Waals surface area contributed by atoms with Gasteiger partial charge in [-0.25, -0.2) is 4.79 Å². The first-order chi connectivity index (χ1) is 16.4. The van der Waals surface area contributed by atoms with Gasteiger partial charge in [-0.05, 0) is 36.8 Å². The van der Waals surface area contributed by atoms with Gasteiger partial charge in [-0.15, -0.1) is 0 Å². The predicted octanol–water partition coefficient (Wildman–Crippen LogP) is 1.72. The number of allylic oxidation sites excluding steroid dienone is 2. The van der Waals surface area contributed by atoms with E-state index in [-0.39, 0.29) is 36.1 Å². The Balaban J connectivity index is 1.85. The number of rotatable bonds is 4. The quantitative estimate of drug-likeness (QED) is 0.242. The monoisotopic (exact) mass is 483 g/mol. The lowest BCUT2D eigenvalue weighted by Crippen LogP contribution is -2.57. The van der Waals surface area contributed by atoms with Crippen LogP contribution in [0.25, 0.3) is 6.08 Å². The minimum atomic E-state index is -2.62. The molecule has 184 valence electrons. The number of nitrogens with two attached hydrogens (primary N) is 1. The molecule has 3 aliphatic carbocycles.